The van der Waals surface area contributed by atoms with Crippen molar-refractivity contribution in [3.8, 4) is 0 Å². The molecule has 0 aliphatic carbocycles. The van der Waals surface area contributed by atoms with E-state index in [9.17, 15) is 4.39 Å². The average Bonchev–Trinajstić information content (AvgIpc) is 2.32. The van der Waals surface area contributed by atoms with Crippen LogP contribution in [-0.4, -0.2) is 0 Å². The van der Waals surface area contributed by atoms with Gasteiger partial charge in [-0.15, -0.1) is 0 Å². The summed E-state index contributed by atoms with van der Waals surface area (Å²) in [5.74, 6) is -0.241. The van der Waals surface area contributed by atoms with Crippen molar-refractivity contribution in [1.82, 2.24) is 0 Å². The molecule has 4 heteroatoms. The van der Waals surface area contributed by atoms with Gasteiger partial charge in [0.05, 0.1) is 10.7 Å². The number of anilines is 1. The van der Waals surface area contributed by atoms with Crippen LogP contribution in [0.15, 0.2) is 42.5 Å². The molecule has 0 aromatic heterocycles. The minimum atomic E-state index is -0.241. The summed E-state index contributed by atoms with van der Waals surface area (Å²) in [6, 6.07) is 11.5. The van der Waals surface area contributed by atoms with Gasteiger partial charge >= 0.3 is 0 Å². The highest BCUT2D eigenvalue weighted by Crippen LogP contribution is 2.25. The van der Waals surface area contributed by atoms with Crippen molar-refractivity contribution in [3.63, 3.8) is 0 Å². The fraction of sp³-hybridized carbons (Fsp3) is 0.0769. The summed E-state index contributed by atoms with van der Waals surface area (Å²) in [4.78, 5) is 0. The van der Waals surface area contributed by atoms with E-state index in [2.05, 4.69) is 5.32 Å². The molecule has 17 heavy (non-hydrogen) atoms. The molecule has 0 saturated heterocycles. The smallest absolute Gasteiger partial charge is 0.123 e. The molecule has 2 rings (SSSR count). The van der Waals surface area contributed by atoms with E-state index in [1.807, 2.05) is 0 Å². The Labute approximate surface area is 109 Å². The Bertz CT molecular complexity index is 511. The summed E-state index contributed by atoms with van der Waals surface area (Å²) in [6.45, 7) is 0.570. The van der Waals surface area contributed by atoms with Crippen LogP contribution in [0.3, 0.4) is 0 Å². The van der Waals surface area contributed by atoms with E-state index in [-0.39, 0.29) is 5.82 Å². The molecule has 0 aliphatic heterocycles. The van der Waals surface area contributed by atoms with Gasteiger partial charge in [0.1, 0.15) is 5.82 Å². The Morgan fingerprint density at radius 2 is 1.71 bits per heavy atom. The van der Waals surface area contributed by atoms with Crippen LogP contribution in [0.1, 0.15) is 5.56 Å². The summed E-state index contributed by atoms with van der Waals surface area (Å²) in [6.07, 6.45) is 0. The van der Waals surface area contributed by atoms with Gasteiger partial charge in [0.15, 0.2) is 0 Å². The monoisotopic (exact) mass is 269 g/mol. The topological polar surface area (TPSA) is 12.0 Å². The molecular formula is C13H10Cl2FN. The standard InChI is InChI=1S/C13H10Cl2FN/c14-10-3-6-12(15)13(7-10)17-8-9-1-4-11(16)5-2-9/h1-7,17H,8H2. The van der Waals surface area contributed by atoms with Crippen LogP contribution in [0.25, 0.3) is 0 Å². The zero-order valence-corrected chi connectivity index (χ0v) is 10.4. The van der Waals surface area contributed by atoms with Crippen molar-refractivity contribution in [2.24, 2.45) is 0 Å². The van der Waals surface area contributed by atoms with Crippen LogP contribution in [0.5, 0.6) is 0 Å². The highest BCUT2D eigenvalue weighted by Gasteiger charge is 2.01. The normalized spacial score (nSPS) is 10.3. The molecular weight excluding hydrogens is 260 g/mol. The van der Waals surface area contributed by atoms with Crippen molar-refractivity contribution < 1.29 is 4.39 Å². The Balaban J connectivity index is 2.07. The first-order valence-corrected chi connectivity index (χ1v) is 5.84. The van der Waals surface area contributed by atoms with E-state index in [1.54, 1.807) is 30.3 Å². The third kappa shape index (κ3) is 3.35. The molecule has 0 amide bonds. The predicted molar refractivity (Wildman–Crippen MR) is 70.2 cm³/mol. The number of hydrogen-bond acceptors (Lipinski definition) is 1. The van der Waals surface area contributed by atoms with E-state index in [0.29, 0.717) is 16.6 Å². The van der Waals surface area contributed by atoms with Gasteiger partial charge < -0.3 is 5.32 Å². The maximum atomic E-state index is 12.7. The highest BCUT2D eigenvalue weighted by molar-refractivity contribution is 6.35. The molecule has 1 N–H and O–H groups in total. The zero-order chi connectivity index (χ0) is 12.3. The van der Waals surface area contributed by atoms with Crippen molar-refractivity contribution >= 4 is 28.9 Å². The Morgan fingerprint density at radius 1 is 1.00 bits per heavy atom. The molecule has 0 radical (unpaired) electrons. The van der Waals surface area contributed by atoms with Crippen LogP contribution >= 0.6 is 23.2 Å². The van der Waals surface area contributed by atoms with Gasteiger partial charge in [0.25, 0.3) is 0 Å². The lowest BCUT2D eigenvalue weighted by atomic mass is 10.2. The molecule has 0 unspecified atom stereocenters. The van der Waals surface area contributed by atoms with Crippen molar-refractivity contribution in [2.45, 2.75) is 6.54 Å². The van der Waals surface area contributed by atoms with E-state index >= 15 is 0 Å². The SMILES string of the molecule is Fc1ccc(CNc2cc(Cl)ccc2Cl)cc1. The largest absolute Gasteiger partial charge is 0.380 e. The summed E-state index contributed by atoms with van der Waals surface area (Å²) >= 11 is 11.9. The van der Waals surface area contributed by atoms with Gasteiger partial charge in [-0.3, -0.25) is 0 Å². The molecule has 0 bridgehead atoms. The molecule has 0 spiro atoms. The summed E-state index contributed by atoms with van der Waals surface area (Å²) in [5, 5.41) is 4.38. The minimum absolute atomic E-state index is 0.241. The summed E-state index contributed by atoms with van der Waals surface area (Å²) in [7, 11) is 0. The molecule has 0 fully saturated rings. The number of benzene rings is 2. The van der Waals surface area contributed by atoms with E-state index in [4.69, 9.17) is 23.2 Å². The number of halogens is 3. The fourth-order valence-corrected chi connectivity index (χ4v) is 1.79. The Kier molecular flexibility index (Phi) is 3.87. The van der Waals surface area contributed by atoms with Gasteiger partial charge in [-0.1, -0.05) is 35.3 Å². The predicted octanol–water partition coefficient (Wildman–Crippen LogP) is 4.74. The molecule has 88 valence electrons. The van der Waals surface area contributed by atoms with Gasteiger partial charge in [-0.25, -0.2) is 4.39 Å². The van der Waals surface area contributed by atoms with E-state index < -0.39 is 0 Å². The lowest BCUT2D eigenvalue weighted by Gasteiger charge is -2.08. The second-order valence-electron chi connectivity index (χ2n) is 3.60. The first-order valence-electron chi connectivity index (χ1n) is 5.08. The third-order valence-corrected chi connectivity index (χ3v) is 2.89. The third-order valence-electron chi connectivity index (χ3n) is 2.32. The number of nitrogens with one attached hydrogen (secondary N) is 1. The van der Waals surface area contributed by atoms with Crippen LogP contribution < -0.4 is 5.32 Å². The van der Waals surface area contributed by atoms with Crippen molar-refractivity contribution in [3.05, 3.63) is 63.9 Å². The van der Waals surface area contributed by atoms with Gasteiger partial charge in [-0.2, -0.15) is 0 Å². The van der Waals surface area contributed by atoms with Crippen molar-refractivity contribution in [2.75, 3.05) is 5.32 Å². The second kappa shape index (κ2) is 5.39. The lowest BCUT2D eigenvalue weighted by molar-refractivity contribution is 0.627. The van der Waals surface area contributed by atoms with Gasteiger partial charge in [0.2, 0.25) is 0 Å². The molecule has 0 atom stereocenters. The molecule has 0 heterocycles. The quantitative estimate of drug-likeness (QED) is 0.849. The second-order valence-corrected chi connectivity index (χ2v) is 4.45. The number of hydrogen-bond donors (Lipinski definition) is 1. The number of rotatable bonds is 3. The molecule has 0 saturated carbocycles. The Morgan fingerprint density at radius 3 is 2.41 bits per heavy atom. The molecule has 1 nitrogen and oxygen atoms in total. The van der Waals surface area contributed by atoms with Crippen LogP contribution in [-0.2, 0) is 6.54 Å². The maximum absolute atomic E-state index is 12.7. The molecule has 2 aromatic rings. The first-order chi connectivity index (χ1) is 8.15. The van der Waals surface area contributed by atoms with Gasteiger partial charge in [0, 0.05) is 11.6 Å². The lowest BCUT2D eigenvalue weighted by Crippen LogP contribution is -1.99. The van der Waals surface area contributed by atoms with Crippen LogP contribution in [0.2, 0.25) is 10.0 Å². The minimum Gasteiger partial charge on any atom is -0.380 e. The molecule has 0 aliphatic rings. The van der Waals surface area contributed by atoms with Crippen LogP contribution in [0.4, 0.5) is 10.1 Å². The zero-order valence-electron chi connectivity index (χ0n) is 8.88. The summed E-state index contributed by atoms with van der Waals surface area (Å²) < 4.78 is 12.7. The Hall–Kier alpha value is -1.25. The van der Waals surface area contributed by atoms with Gasteiger partial charge in [-0.05, 0) is 35.9 Å². The fourth-order valence-electron chi connectivity index (χ4n) is 1.43. The average molecular weight is 270 g/mol. The summed E-state index contributed by atoms with van der Waals surface area (Å²) in [5.41, 5.74) is 1.74. The van der Waals surface area contributed by atoms with Crippen LogP contribution in [0, 0.1) is 5.82 Å². The van der Waals surface area contributed by atoms with E-state index in [0.717, 1.165) is 11.3 Å². The van der Waals surface area contributed by atoms with E-state index in [1.165, 1.54) is 12.1 Å². The first kappa shape index (κ1) is 12.2. The maximum Gasteiger partial charge on any atom is 0.123 e. The molecule has 2 aromatic carbocycles. The highest BCUT2D eigenvalue weighted by atomic mass is 35.5. The van der Waals surface area contributed by atoms with Crippen molar-refractivity contribution in [1.29, 1.82) is 0 Å².